The van der Waals surface area contributed by atoms with Gasteiger partial charge in [0, 0.05) is 0 Å². The van der Waals surface area contributed by atoms with Gasteiger partial charge in [0.15, 0.2) is 0 Å². The summed E-state index contributed by atoms with van der Waals surface area (Å²) in [6.45, 7) is 0. The van der Waals surface area contributed by atoms with Crippen LogP contribution in [0.1, 0.15) is 42.9 Å². The number of benzene rings is 1. The Hall–Kier alpha value is -0.860. The molecule has 0 heterocycles. The van der Waals surface area contributed by atoms with Gasteiger partial charge < -0.3 is 10.2 Å². The zero-order chi connectivity index (χ0) is 11.8. The number of hydrogen-bond acceptors (Lipinski definition) is 2. The lowest BCUT2D eigenvalue weighted by Crippen LogP contribution is -2.33. The van der Waals surface area contributed by atoms with Crippen molar-refractivity contribution >= 4 is 0 Å². The average molecular weight is 232 g/mol. The maximum atomic E-state index is 10.4. The smallest absolute Gasteiger partial charge is 0.0827 e. The molecule has 4 atom stereocenters. The molecular formula is C15H20O2. The number of hydrogen-bond donors (Lipinski definition) is 2. The van der Waals surface area contributed by atoms with Crippen LogP contribution < -0.4 is 0 Å². The molecule has 0 saturated heterocycles. The largest absolute Gasteiger partial charge is 0.393 e. The van der Waals surface area contributed by atoms with Gasteiger partial charge in [-0.15, -0.1) is 0 Å². The van der Waals surface area contributed by atoms with E-state index >= 15 is 0 Å². The first-order valence-corrected chi connectivity index (χ1v) is 6.71. The average Bonchev–Trinajstić information content (AvgIpc) is 2.68. The van der Waals surface area contributed by atoms with Gasteiger partial charge in [-0.05, 0) is 42.2 Å². The molecule has 4 unspecified atom stereocenters. The summed E-state index contributed by atoms with van der Waals surface area (Å²) >= 11 is 0. The van der Waals surface area contributed by atoms with Crippen LogP contribution in [-0.2, 0) is 6.42 Å². The molecule has 2 aliphatic rings. The van der Waals surface area contributed by atoms with E-state index in [0.717, 1.165) is 31.2 Å². The van der Waals surface area contributed by atoms with Crippen LogP contribution >= 0.6 is 0 Å². The molecule has 0 bridgehead atoms. The minimum Gasteiger partial charge on any atom is -0.393 e. The molecule has 17 heavy (non-hydrogen) atoms. The highest BCUT2D eigenvalue weighted by Gasteiger charge is 2.39. The van der Waals surface area contributed by atoms with E-state index in [1.54, 1.807) is 0 Å². The SMILES string of the molecule is OC1CCCCC1C1Cc2ccccc2C1O. The third-order valence-corrected chi connectivity index (χ3v) is 4.57. The summed E-state index contributed by atoms with van der Waals surface area (Å²) in [6.07, 6.45) is 4.65. The molecule has 2 N–H and O–H groups in total. The van der Waals surface area contributed by atoms with Crippen molar-refractivity contribution in [3.63, 3.8) is 0 Å². The van der Waals surface area contributed by atoms with Gasteiger partial charge in [0.2, 0.25) is 0 Å². The molecule has 0 aromatic heterocycles. The number of aliphatic hydroxyl groups is 2. The lowest BCUT2D eigenvalue weighted by Gasteiger charge is -2.34. The minimum atomic E-state index is -0.371. The van der Waals surface area contributed by atoms with Crippen molar-refractivity contribution in [2.24, 2.45) is 11.8 Å². The standard InChI is InChI=1S/C15H20O2/c16-14-8-4-3-7-12(14)13-9-10-5-1-2-6-11(10)15(13)17/h1-2,5-6,12-17H,3-4,7-9H2. The Kier molecular flexibility index (Phi) is 2.93. The Bertz CT molecular complexity index is 402. The summed E-state index contributed by atoms with van der Waals surface area (Å²) in [7, 11) is 0. The van der Waals surface area contributed by atoms with Crippen LogP contribution in [-0.4, -0.2) is 16.3 Å². The van der Waals surface area contributed by atoms with E-state index in [1.165, 1.54) is 12.0 Å². The van der Waals surface area contributed by atoms with Crippen LogP contribution in [0.2, 0.25) is 0 Å². The van der Waals surface area contributed by atoms with Gasteiger partial charge in [0.05, 0.1) is 12.2 Å². The molecule has 1 aromatic rings. The lowest BCUT2D eigenvalue weighted by molar-refractivity contribution is -0.00797. The van der Waals surface area contributed by atoms with Gasteiger partial charge in [-0.25, -0.2) is 0 Å². The van der Waals surface area contributed by atoms with Crippen molar-refractivity contribution in [2.75, 3.05) is 0 Å². The molecule has 0 spiro atoms. The zero-order valence-corrected chi connectivity index (χ0v) is 10.0. The van der Waals surface area contributed by atoms with E-state index in [9.17, 15) is 10.2 Å². The van der Waals surface area contributed by atoms with E-state index in [4.69, 9.17) is 0 Å². The number of rotatable bonds is 1. The topological polar surface area (TPSA) is 40.5 Å². The number of aliphatic hydroxyl groups excluding tert-OH is 2. The van der Waals surface area contributed by atoms with Crippen molar-refractivity contribution in [3.8, 4) is 0 Å². The molecule has 1 aromatic carbocycles. The second-order valence-corrected chi connectivity index (χ2v) is 5.53. The minimum absolute atomic E-state index is 0.210. The van der Waals surface area contributed by atoms with Crippen molar-refractivity contribution in [3.05, 3.63) is 35.4 Å². The third kappa shape index (κ3) is 1.90. The fraction of sp³-hybridized carbons (Fsp3) is 0.600. The molecule has 0 amide bonds. The summed E-state index contributed by atoms with van der Waals surface area (Å²) in [4.78, 5) is 0. The molecule has 92 valence electrons. The van der Waals surface area contributed by atoms with Gasteiger partial charge >= 0.3 is 0 Å². The molecule has 1 fully saturated rings. The summed E-state index contributed by atoms with van der Waals surface area (Å²) in [5.74, 6) is 0.508. The molecular weight excluding hydrogens is 212 g/mol. The van der Waals surface area contributed by atoms with Crippen LogP contribution in [0.15, 0.2) is 24.3 Å². The predicted octanol–water partition coefficient (Wildman–Crippen LogP) is 2.44. The lowest BCUT2D eigenvalue weighted by atomic mass is 9.76. The molecule has 0 radical (unpaired) electrons. The van der Waals surface area contributed by atoms with Gasteiger partial charge in [-0.2, -0.15) is 0 Å². The van der Waals surface area contributed by atoms with Crippen LogP contribution in [0.3, 0.4) is 0 Å². The van der Waals surface area contributed by atoms with Crippen LogP contribution in [0.25, 0.3) is 0 Å². The number of fused-ring (bicyclic) bond motifs is 1. The Labute approximate surface area is 102 Å². The van der Waals surface area contributed by atoms with E-state index in [2.05, 4.69) is 6.07 Å². The first-order valence-electron chi connectivity index (χ1n) is 6.71. The predicted molar refractivity (Wildman–Crippen MR) is 66.6 cm³/mol. The molecule has 2 heteroatoms. The van der Waals surface area contributed by atoms with Gasteiger partial charge in [-0.3, -0.25) is 0 Å². The Balaban J connectivity index is 1.83. The van der Waals surface area contributed by atoms with Gasteiger partial charge in [-0.1, -0.05) is 37.1 Å². The summed E-state index contributed by atoms with van der Waals surface area (Å²) in [5.41, 5.74) is 2.35. The van der Waals surface area contributed by atoms with Crippen molar-refractivity contribution in [1.82, 2.24) is 0 Å². The molecule has 2 aliphatic carbocycles. The normalized spacial score (nSPS) is 36.8. The van der Waals surface area contributed by atoms with Crippen LogP contribution in [0, 0.1) is 11.8 Å². The second kappa shape index (κ2) is 4.43. The van der Waals surface area contributed by atoms with Crippen LogP contribution in [0.5, 0.6) is 0 Å². The quantitative estimate of drug-likeness (QED) is 0.780. The highest BCUT2D eigenvalue weighted by Crippen LogP contribution is 2.44. The van der Waals surface area contributed by atoms with Gasteiger partial charge in [0.1, 0.15) is 0 Å². The van der Waals surface area contributed by atoms with Crippen molar-refractivity contribution < 1.29 is 10.2 Å². The summed E-state index contributed by atoms with van der Waals surface area (Å²) in [5, 5.41) is 20.5. The molecule has 3 rings (SSSR count). The van der Waals surface area contributed by atoms with Crippen LogP contribution in [0.4, 0.5) is 0 Å². The highest BCUT2D eigenvalue weighted by atomic mass is 16.3. The monoisotopic (exact) mass is 232 g/mol. The fourth-order valence-corrected chi connectivity index (χ4v) is 3.63. The maximum Gasteiger partial charge on any atom is 0.0827 e. The highest BCUT2D eigenvalue weighted by molar-refractivity contribution is 5.34. The van der Waals surface area contributed by atoms with E-state index in [0.29, 0.717) is 0 Å². The van der Waals surface area contributed by atoms with E-state index in [1.807, 2.05) is 18.2 Å². The van der Waals surface area contributed by atoms with Gasteiger partial charge in [0.25, 0.3) is 0 Å². The first kappa shape index (κ1) is 11.2. The summed E-state index contributed by atoms with van der Waals surface area (Å²) in [6, 6.07) is 8.15. The Morgan fingerprint density at radius 3 is 2.47 bits per heavy atom. The summed E-state index contributed by atoms with van der Waals surface area (Å²) < 4.78 is 0. The Morgan fingerprint density at radius 2 is 1.71 bits per heavy atom. The van der Waals surface area contributed by atoms with Crippen molar-refractivity contribution in [2.45, 2.75) is 44.3 Å². The van der Waals surface area contributed by atoms with Crippen molar-refractivity contribution in [1.29, 1.82) is 0 Å². The second-order valence-electron chi connectivity index (χ2n) is 5.53. The zero-order valence-electron chi connectivity index (χ0n) is 10.0. The fourth-order valence-electron chi connectivity index (χ4n) is 3.63. The van der Waals surface area contributed by atoms with E-state index in [-0.39, 0.29) is 24.0 Å². The molecule has 2 nitrogen and oxygen atoms in total. The van der Waals surface area contributed by atoms with E-state index < -0.39 is 0 Å². The Morgan fingerprint density at radius 1 is 0.941 bits per heavy atom. The maximum absolute atomic E-state index is 10.4. The third-order valence-electron chi connectivity index (χ3n) is 4.57. The molecule has 1 saturated carbocycles. The molecule has 0 aliphatic heterocycles. The first-order chi connectivity index (χ1) is 8.27.